The highest BCUT2D eigenvalue weighted by Crippen LogP contribution is 2.60. The van der Waals surface area contributed by atoms with E-state index in [4.69, 9.17) is 11.6 Å². The zero-order valence-corrected chi connectivity index (χ0v) is 15.7. The molecule has 0 aromatic heterocycles. The molecular weight excluding hydrogens is 348 g/mol. The lowest BCUT2D eigenvalue weighted by Crippen LogP contribution is -2.55. The minimum Gasteiger partial charge on any atom is -0.351 e. The molecule has 0 spiro atoms. The molecule has 4 saturated carbocycles. The smallest absolute Gasteiger partial charge is 0.229 e. The molecule has 1 aliphatic heterocycles. The van der Waals surface area contributed by atoms with Crippen LogP contribution in [0.5, 0.6) is 0 Å². The highest BCUT2D eigenvalue weighted by Gasteiger charge is 2.55. The van der Waals surface area contributed by atoms with E-state index < -0.39 is 0 Å². The molecule has 1 aromatic carbocycles. The Hall–Kier alpha value is -1.55. The largest absolute Gasteiger partial charge is 0.351 e. The van der Waals surface area contributed by atoms with Crippen LogP contribution in [-0.4, -0.2) is 24.4 Å². The molecule has 26 heavy (non-hydrogen) atoms. The highest BCUT2D eigenvalue weighted by atomic mass is 35.5. The summed E-state index contributed by atoms with van der Waals surface area (Å²) in [7, 11) is 0. The number of carbonyl (C=O) groups excluding carboxylic acids is 2. The number of nitrogens with one attached hydrogen (secondary N) is 1. The van der Waals surface area contributed by atoms with Gasteiger partial charge in [-0.15, -0.1) is 0 Å². The molecule has 1 aromatic rings. The molecule has 4 aliphatic carbocycles. The molecular formula is C21H25ClN2O2. The molecule has 1 N–H and O–H groups in total. The first-order valence-corrected chi connectivity index (χ1v) is 10.3. The van der Waals surface area contributed by atoms with E-state index in [1.165, 1.54) is 19.3 Å². The third-order valence-corrected chi connectivity index (χ3v) is 7.37. The molecule has 6 rings (SSSR count). The predicted molar refractivity (Wildman–Crippen MR) is 101 cm³/mol. The Labute approximate surface area is 159 Å². The van der Waals surface area contributed by atoms with Gasteiger partial charge in [-0.05, 0) is 80.5 Å². The van der Waals surface area contributed by atoms with Crippen LogP contribution < -0.4 is 10.2 Å². The van der Waals surface area contributed by atoms with Crippen LogP contribution in [0.4, 0.5) is 5.69 Å². The van der Waals surface area contributed by atoms with Crippen LogP contribution in [0.15, 0.2) is 24.3 Å². The number of carbonyl (C=O) groups is 2. The van der Waals surface area contributed by atoms with Gasteiger partial charge in [0, 0.05) is 29.1 Å². The maximum absolute atomic E-state index is 13.2. The van der Waals surface area contributed by atoms with Gasteiger partial charge in [0.2, 0.25) is 11.8 Å². The van der Waals surface area contributed by atoms with E-state index in [1.54, 1.807) is 17.0 Å². The summed E-state index contributed by atoms with van der Waals surface area (Å²) in [4.78, 5) is 27.4. The molecule has 5 fully saturated rings. The van der Waals surface area contributed by atoms with E-state index in [1.807, 2.05) is 12.1 Å². The van der Waals surface area contributed by atoms with Gasteiger partial charge in [0.15, 0.2) is 0 Å². The van der Waals surface area contributed by atoms with Gasteiger partial charge in [-0.1, -0.05) is 11.6 Å². The van der Waals surface area contributed by atoms with E-state index in [-0.39, 0.29) is 23.3 Å². The molecule has 1 heterocycles. The van der Waals surface area contributed by atoms with Crippen molar-refractivity contribution in [2.24, 2.45) is 23.2 Å². The van der Waals surface area contributed by atoms with Crippen LogP contribution in [0.1, 0.15) is 44.9 Å². The maximum atomic E-state index is 13.2. The van der Waals surface area contributed by atoms with Gasteiger partial charge in [-0.2, -0.15) is 0 Å². The molecule has 4 bridgehead atoms. The molecule has 2 amide bonds. The number of nitrogens with zero attached hydrogens (tertiary/aromatic N) is 1. The Morgan fingerprint density at radius 1 is 1.04 bits per heavy atom. The number of hydrogen-bond acceptors (Lipinski definition) is 2. The Morgan fingerprint density at radius 2 is 1.62 bits per heavy atom. The number of halogens is 1. The fourth-order valence-corrected chi connectivity index (χ4v) is 6.53. The lowest BCUT2D eigenvalue weighted by Gasteiger charge is -2.55. The first kappa shape index (κ1) is 16.6. The van der Waals surface area contributed by atoms with Crippen LogP contribution in [-0.2, 0) is 9.59 Å². The van der Waals surface area contributed by atoms with E-state index in [9.17, 15) is 9.59 Å². The van der Waals surface area contributed by atoms with E-state index in [0.29, 0.717) is 18.0 Å². The molecule has 0 radical (unpaired) electrons. The zero-order chi connectivity index (χ0) is 17.9. The fraction of sp³-hybridized carbons (Fsp3) is 0.619. The molecule has 5 aliphatic rings. The van der Waals surface area contributed by atoms with Crippen LogP contribution in [0, 0.1) is 23.2 Å². The number of rotatable bonds is 3. The Bertz CT molecular complexity index is 710. The van der Waals surface area contributed by atoms with E-state index in [2.05, 4.69) is 5.32 Å². The predicted octanol–water partition coefficient (Wildman–Crippen LogP) is 3.78. The topological polar surface area (TPSA) is 49.4 Å². The van der Waals surface area contributed by atoms with Crippen molar-refractivity contribution < 1.29 is 9.59 Å². The average molecular weight is 373 g/mol. The van der Waals surface area contributed by atoms with Crippen molar-refractivity contribution in [1.29, 1.82) is 0 Å². The van der Waals surface area contributed by atoms with Crippen LogP contribution in [0.3, 0.4) is 0 Å². The van der Waals surface area contributed by atoms with E-state index >= 15 is 0 Å². The summed E-state index contributed by atoms with van der Waals surface area (Å²) in [6.07, 6.45) is 7.57. The van der Waals surface area contributed by atoms with Crippen LogP contribution in [0.2, 0.25) is 5.02 Å². The Morgan fingerprint density at radius 3 is 2.19 bits per heavy atom. The summed E-state index contributed by atoms with van der Waals surface area (Å²) >= 11 is 5.94. The molecule has 4 nitrogen and oxygen atoms in total. The Kier molecular flexibility index (Phi) is 3.82. The first-order valence-electron chi connectivity index (χ1n) is 9.88. The van der Waals surface area contributed by atoms with Crippen molar-refractivity contribution in [3.63, 3.8) is 0 Å². The molecule has 0 unspecified atom stereocenters. The van der Waals surface area contributed by atoms with Gasteiger partial charge in [0.05, 0.1) is 6.04 Å². The van der Waals surface area contributed by atoms with E-state index in [0.717, 1.165) is 42.7 Å². The Balaban J connectivity index is 1.28. The maximum Gasteiger partial charge on any atom is 0.229 e. The lowest BCUT2D eigenvalue weighted by atomic mass is 9.49. The van der Waals surface area contributed by atoms with Gasteiger partial charge in [0.25, 0.3) is 0 Å². The molecule has 5 heteroatoms. The standard InChI is InChI=1S/C21H25ClN2O2/c22-16-1-3-18(4-2-16)24-12-17(8-19(24)25)23-20(26)21-9-13-5-14(10-21)7-15(6-13)11-21/h1-4,13-15,17H,5-12H2,(H,23,26)/t13?,14?,15?,17-,21?/m1/s1. The molecule has 1 atom stereocenters. The molecule has 138 valence electrons. The van der Waals surface area contributed by atoms with Crippen molar-refractivity contribution >= 4 is 29.1 Å². The van der Waals surface area contributed by atoms with Crippen molar-refractivity contribution in [1.82, 2.24) is 5.32 Å². The summed E-state index contributed by atoms with van der Waals surface area (Å²) in [6, 6.07) is 7.24. The monoisotopic (exact) mass is 372 g/mol. The number of hydrogen-bond donors (Lipinski definition) is 1. The lowest BCUT2D eigenvalue weighted by molar-refractivity contribution is -0.146. The van der Waals surface area contributed by atoms with Crippen molar-refractivity contribution in [3.05, 3.63) is 29.3 Å². The highest BCUT2D eigenvalue weighted by molar-refractivity contribution is 6.30. The van der Waals surface area contributed by atoms with Gasteiger partial charge >= 0.3 is 0 Å². The SMILES string of the molecule is O=C1C[C@@H](NC(=O)C23CC4CC(CC(C4)C2)C3)CN1c1ccc(Cl)cc1. The summed E-state index contributed by atoms with van der Waals surface area (Å²) < 4.78 is 0. The minimum absolute atomic E-state index is 0.0723. The summed E-state index contributed by atoms with van der Waals surface area (Å²) in [5.41, 5.74) is 0.705. The third-order valence-electron chi connectivity index (χ3n) is 7.12. The minimum atomic E-state index is -0.147. The second kappa shape index (κ2) is 5.98. The second-order valence-electron chi connectivity index (χ2n) is 9.05. The first-order chi connectivity index (χ1) is 12.5. The quantitative estimate of drug-likeness (QED) is 0.877. The second-order valence-corrected chi connectivity index (χ2v) is 9.49. The normalized spacial score (nSPS) is 38.0. The fourth-order valence-electron chi connectivity index (χ4n) is 6.40. The summed E-state index contributed by atoms with van der Waals surface area (Å²) in [6.45, 7) is 0.554. The van der Waals surface area contributed by atoms with Crippen molar-refractivity contribution in [2.45, 2.75) is 51.0 Å². The van der Waals surface area contributed by atoms with Gasteiger partial charge in [-0.3, -0.25) is 9.59 Å². The van der Waals surface area contributed by atoms with Gasteiger partial charge < -0.3 is 10.2 Å². The van der Waals surface area contributed by atoms with Gasteiger partial charge in [-0.25, -0.2) is 0 Å². The summed E-state index contributed by atoms with van der Waals surface area (Å²) in [5, 5.41) is 3.91. The van der Waals surface area contributed by atoms with Crippen molar-refractivity contribution in [3.8, 4) is 0 Å². The van der Waals surface area contributed by atoms with Gasteiger partial charge in [0.1, 0.15) is 0 Å². The van der Waals surface area contributed by atoms with Crippen LogP contribution in [0.25, 0.3) is 0 Å². The third kappa shape index (κ3) is 2.74. The average Bonchev–Trinajstić information content (AvgIpc) is 2.94. The zero-order valence-electron chi connectivity index (χ0n) is 14.9. The summed E-state index contributed by atoms with van der Waals surface area (Å²) in [5.74, 6) is 2.55. The number of amides is 2. The molecule has 1 saturated heterocycles. The van der Waals surface area contributed by atoms with Crippen molar-refractivity contribution in [2.75, 3.05) is 11.4 Å². The number of anilines is 1. The number of benzene rings is 1. The van der Waals surface area contributed by atoms with Crippen LogP contribution >= 0.6 is 11.6 Å².